The topological polar surface area (TPSA) is 50.1 Å². The summed E-state index contributed by atoms with van der Waals surface area (Å²) < 4.78 is 2.96. The Balaban J connectivity index is 1.67. The third-order valence-corrected chi connectivity index (χ3v) is 5.73. The predicted octanol–water partition coefficient (Wildman–Crippen LogP) is 5.32. The van der Waals surface area contributed by atoms with Crippen molar-refractivity contribution in [1.29, 1.82) is 0 Å². The van der Waals surface area contributed by atoms with Crippen LogP contribution in [0.5, 0.6) is 0 Å². The van der Waals surface area contributed by atoms with Crippen molar-refractivity contribution in [3.63, 3.8) is 0 Å². The van der Waals surface area contributed by atoms with E-state index in [1.807, 2.05) is 42.6 Å². The van der Waals surface area contributed by atoms with E-state index in [-0.39, 0.29) is 0 Å². The van der Waals surface area contributed by atoms with Gasteiger partial charge in [0.05, 0.1) is 24.4 Å². The summed E-state index contributed by atoms with van der Waals surface area (Å²) in [5, 5.41) is 17.0. The number of anilines is 1. The number of aliphatic hydroxyl groups is 1. The minimum Gasteiger partial charge on any atom is -0.389 e. The molecule has 1 unspecified atom stereocenters. The molecule has 1 atom stereocenters. The number of hydrogen-bond donors (Lipinski definition) is 2. The van der Waals surface area contributed by atoms with Crippen LogP contribution in [0.3, 0.4) is 0 Å². The van der Waals surface area contributed by atoms with E-state index in [1.165, 1.54) is 10.9 Å². The van der Waals surface area contributed by atoms with E-state index in [0.29, 0.717) is 13.1 Å². The number of fused-ring (bicyclic) bond motifs is 3. The SMILES string of the molecule is OC(CNc1ccccc1)Cn1c2ccc(CBr)cc2c2cc(Br)ncc21. The van der Waals surface area contributed by atoms with E-state index in [1.54, 1.807) is 0 Å². The van der Waals surface area contributed by atoms with Crippen LogP contribution >= 0.6 is 31.9 Å². The second-order valence-corrected chi connectivity index (χ2v) is 7.89. The summed E-state index contributed by atoms with van der Waals surface area (Å²) in [5.74, 6) is 0. The van der Waals surface area contributed by atoms with Gasteiger partial charge in [-0.2, -0.15) is 0 Å². The highest BCUT2D eigenvalue weighted by molar-refractivity contribution is 9.10. The maximum absolute atomic E-state index is 10.6. The Hall–Kier alpha value is -1.89. The number of nitrogens with one attached hydrogen (secondary N) is 1. The van der Waals surface area contributed by atoms with Gasteiger partial charge in [-0.15, -0.1) is 0 Å². The van der Waals surface area contributed by atoms with Crippen molar-refractivity contribution >= 4 is 59.4 Å². The molecule has 138 valence electrons. The number of aromatic nitrogens is 2. The van der Waals surface area contributed by atoms with Gasteiger partial charge in [-0.05, 0) is 51.8 Å². The van der Waals surface area contributed by atoms with Crippen molar-refractivity contribution in [2.75, 3.05) is 11.9 Å². The monoisotopic (exact) mass is 487 g/mol. The lowest BCUT2D eigenvalue weighted by Crippen LogP contribution is -2.24. The van der Waals surface area contributed by atoms with Gasteiger partial charge >= 0.3 is 0 Å². The van der Waals surface area contributed by atoms with Crippen LogP contribution in [-0.2, 0) is 11.9 Å². The standard InChI is InChI=1S/C21H19Br2N3O/c22-10-14-6-7-19-17(8-14)18-9-21(23)25-12-20(18)26(19)13-16(27)11-24-15-4-2-1-3-5-15/h1-9,12,16,24,27H,10-11,13H2. The molecule has 0 saturated heterocycles. The summed E-state index contributed by atoms with van der Waals surface area (Å²) in [5.41, 5.74) is 4.36. The number of pyridine rings is 1. The van der Waals surface area contributed by atoms with Crippen molar-refractivity contribution < 1.29 is 5.11 Å². The summed E-state index contributed by atoms with van der Waals surface area (Å²) in [6.07, 6.45) is 1.34. The smallest absolute Gasteiger partial charge is 0.106 e. The molecule has 0 amide bonds. The van der Waals surface area contributed by atoms with Gasteiger partial charge in [0, 0.05) is 33.9 Å². The zero-order valence-electron chi connectivity index (χ0n) is 14.6. The molecular weight excluding hydrogens is 470 g/mol. The third-order valence-electron chi connectivity index (χ3n) is 4.65. The van der Waals surface area contributed by atoms with Crippen molar-refractivity contribution in [2.24, 2.45) is 0 Å². The van der Waals surface area contributed by atoms with E-state index < -0.39 is 6.10 Å². The lowest BCUT2D eigenvalue weighted by Gasteiger charge is -2.15. The quantitative estimate of drug-likeness (QED) is 0.285. The molecule has 4 nitrogen and oxygen atoms in total. The summed E-state index contributed by atoms with van der Waals surface area (Å²) >= 11 is 7.01. The maximum Gasteiger partial charge on any atom is 0.106 e. The Morgan fingerprint density at radius 3 is 2.59 bits per heavy atom. The van der Waals surface area contributed by atoms with Crippen LogP contribution in [0.1, 0.15) is 5.56 Å². The number of hydrogen-bond acceptors (Lipinski definition) is 3. The molecule has 27 heavy (non-hydrogen) atoms. The number of aliphatic hydroxyl groups excluding tert-OH is 1. The molecule has 0 spiro atoms. The van der Waals surface area contributed by atoms with Crippen molar-refractivity contribution in [1.82, 2.24) is 9.55 Å². The first-order valence-corrected chi connectivity index (χ1v) is 10.7. The minimum atomic E-state index is -0.525. The molecule has 0 radical (unpaired) electrons. The van der Waals surface area contributed by atoms with Crippen LogP contribution in [0.15, 0.2) is 65.4 Å². The maximum atomic E-state index is 10.6. The molecule has 0 saturated carbocycles. The Labute approximate surface area is 174 Å². The molecule has 6 heteroatoms. The number of benzene rings is 2. The largest absolute Gasteiger partial charge is 0.389 e. The van der Waals surface area contributed by atoms with Gasteiger partial charge < -0.3 is 15.0 Å². The zero-order valence-corrected chi connectivity index (χ0v) is 17.7. The summed E-state index contributed by atoms with van der Waals surface area (Å²) in [6, 6.07) is 18.4. The van der Waals surface area contributed by atoms with Gasteiger partial charge in [0.2, 0.25) is 0 Å². The Kier molecular flexibility index (Phi) is 5.48. The van der Waals surface area contributed by atoms with Gasteiger partial charge in [0.25, 0.3) is 0 Å². The van der Waals surface area contributed by atoms with Gasteiger partial charge in [-0.25, -0.2) is 4.98 Å². The first-order valence-electron chi connectivity index (χ1n) is 8.75. The first kappa shape index (κ1) is 18.5. The molecule has 0 bridgehead atoms. The normalized spacial score (nSPS) is 12.6. The molecule has 4 aromatic rings. The second-order valence-electron chi connectivity index (χ2n) is 6.52. The van der Waals surface area contributed by atoms with E-state index in [9.17, 15) is 5.11 Å². The van der Waals surface area contributed by atoms with Crippen molar-refractivity contribution in [3.8, 4) is 0 Å². The molecule has 0 fully saturated rings. The summed E-state index contributed by atoms with van der Waals surface area (Å²) in [4.78, 5) is 4.40. The van der Waals surface area contributed by atoms with E-state index in [0.717, 1.165) is 32.0 Å². The summed E-state index contributed by atoms with van der Waals surface area (Å²) in [7, 11) is 0. The fourth-order valence-electron chi connectivity index (χ4n) is 3.36. The van der Waals surface area contributed by atoms with Gasteiger partial charge in [-0.3, -0.25) is 0 Å². The first-order chi connectivity index (χ1) is 13.2. The lowest BCUT2D eigenvalue weighted by molar-refractivity contribution is 0.169. The summed E-state index contributed by atoms with van der Waals surface area (Å²) in [6.45, 7) is 0.978. The van der Waals surface area contributed by atoms with Crippen LogP contribution in [0.2, 0.25) is 0 Å². The molecule has 0 aliphatic rings. The van der Waals surface area contributed by atoms with Crippen LogP contribution in [0.4, 0.5) is 5.69 Å². The number of para-hydroxylation sites is 1. The van der Waals surface area contributed by atoms with Crippen LogP contribution in [0, 0.1) is 0 Å². The predicted molar refractivity (Wildman–Crippen MR) is 119 cm³/mol. The molecular formula is C21H19Br2N3O. The Morgan fingerprint density at radius 1 is 1.04 bits per heavy atom. The van der Waals surface area contributed by atoms with Gasteiger partial charge in [-0.1, -0.05) is 40.2 Å². The van der Waals surface area contributed by atoms with Gasteiger partial charge in [0.1, 0.15) is 4.60 Å². The van der Waals surface area contributed by atoms with Crippen molar-refractivity contribution in [3.05, 3.63) is 71.0 Å². The fraction of sp³-hybridized carbons (Fsp3) is 0.190. The number of alkyl halides is 1. The zero-order chi connectivity index (χ0) is 18.8. The molecule has 2 aromatic heterocycles. The minimum absolute atomic E-state index is 0.481. The molecule has 2 aromatic carbocycles. The number of rotatable bonds is 6. The molecule has 2 heterocycles. The van der Waals surface area contributed by atoms with Crippen molar-refractivity contribution in [2.45, 2.75) is 18.0 Å². The molecule has 4 rings (SSSR count). The Bertz CT molecular complexity index is 1080. The van der Waals surface area contributed by atoms with Crippen LogP contribution in [-0.4, -0.2) is 27.3 Å². The Morgan fingerprint density at radius 2 is 1.81 bits per heavy atom. The molecule has 0 aliphatic heterocycles. The van der Waals surface area contributed by atoms with Crippen LogP contribution < -0.4 is 5.32 Å². The lowest BCUT2D eigenvalue weighted by atomic mass is 10.1. The van der Waals surface area contributed by atoms with E-state index in [4.69, 9.17) is 0 Å². The number of nitrogens with zero attached hydrogens (tertiary/aromatic N) is 2. The average molecular weight is 489 g/mol. The highest BCUT2D eigenvalue weighted by atomic mass is 79.9. The van der Waals surface area contributed by atoms with E-state index >= 15 is 0 Å². The second kappa shape index (κ2) is 8.00. The van der Waals surface area contributed by atoms with Crippen LogP contribution in [0.25, 0.3) is 21.8 Å². The highest BCUT2D eigenvalue weighted by Gasteiger charge is 2.15. The average Bonchev–Trinajstić information content (AvgIpc) is 2.99. The van der Waals surface area contributed by atoms with Gasteiger partial charge in [0.15, 0.2) is 0 Å². The third kappa shape index (κ3) is 3.88. The molecule has 2 N–H and O–H groups in total. The number of halogens is 2. The fourth-order valence-corrected chi connectivity index (χ4v) is 4.04. The highest BCUT2D eigenvalue weighted by Crippen LogP contribution is 2.31. The van der Waals surface area contributed by atoms with E-state index in [2.05, 4.69) is 64.9 Å². The molecule has 0 aliphatic carbocycles.